The molecule has 0 unspecified atom stereocenters. The van der Waals surface area contributed by atoms with Gasteiger partial charge in [-0.2, -0.15) is 15.8 Å². The topological polar surface area (TPSA) is 363 Å². The first-order valence-electron chi connectivity index (χ1n) is 41.3. The summed E-state index contributed by atoms with van der Waals surface area (Å²) in [6, 6.07) is 15.4. The second-order valence-electron chi connectivity index (χ2n) is 32.2. The molecule has 0 atom stereocenters. The van der Waals surface area contributed by atoms with Gasteiger partial charge in [0.05, 0.1) is 126 Å². The van der Waals surface area contributed by atoms with Crippen LogP contribution in [0.25, 0.3) is 83.9 Å². The summed E-state index contributed by atoms with van der Waals surface area (Å²) in [5.74, 6) is -10.9. The van der Waals surface area contributed by atoms with Crippen LogP contribution in [-0.2, 0) is 14.4 Å². The van der Waals surface area contributed by atoms with Crippen LogP contribution in [-0.4, -0.2) is 155 Å². The molecule has 12 heterocycles. The second-order valence-corrected chi connectivity index (χ2v) is 35.3. The summed E-state index contributed by atoms with van der Waals surface area (Å²) in [5, 5.41) is 28.1. The van der Waals surface area contributed by atoms with E-state index in [4.69, 9.17) is 110 Å². The van der Waals surface area contributed by atoms with Crippen molar-refractivity contribution in [2.45, 2.75) is 80.1 Å². The van der Waals surface area contributed by atoms with Crippen molar-refractivity contribution in [3.8, 4) is 69.0 Å². The third-order valence-corrected chi connectivity index (χ3v) is 26.1. The summed E-state index contributed by atoms with van der Waals surface area (Å²) in [7, 11) is 0. The third-order valence-electron chi connectivity index (χ3n) is 23.2. The molecule has 0 aliphatic carbocycles. The first-order valence-corrected chi connectivity index (χ1v) is 44.3. The molecule has 3 aromatic carbocycles. The van der Waals surface area contributed by atoms with E-state index < -0.39 is 122 Å². The van der Waals surface area contributed by atoms with E-state index in [0.717, 1.165) is 4.57 Å². The lowest BCUT2D eigenvalue weighted by molar-refractivity contribution is -0.127. The van der Waals surface area contributed by atoms with Crippen molar-refractivity contribution in [1.82, 2.24) is 58.3 Å². The third kappa shape index (κ3) is 17.7. The van der Waals surface area contributed by atoms with Gasteiger partial charge in [0.2, 0.25) is 17.7 Å². The molecule has 27 nitrogen and oxygen atoms in total. The number of piperazine rings is 3. The normalized spacial score (nSPS) is 13.4. The molecule has 696 valence electrons. The molecule has 0 saturated carbocycles. The van der Waals surface area contributed by atoms with E-state index in [9.17, 15) is 57.7 Å². The van der Waals surface area contributed by atoms with Crippen molar-refractivity contribution in [2.24, 2.45) is 0 Å². The van der Waals surface area contributed by atoms with Crippen LogP contribution in [0.2, 0.25) is 40.2 Å². The molecular formula is C93H78Cl8F7N21O6. The Morgan fingerprint density at radius 3 is 0.889 bits per heavy atom. The fourth-order valence-electron chi connectivity index (χ4n) is 16.5. The zero-order valence-corrected chi connectivity index (χ0v) is 79.2. The van der Waals surface area contributed by atoms with Crippen LogP contribution in [0, 0.1) is 95.5 Å². The Hall–Kier alpha value is -13.1. The molecule has 3 fully saturated rings. The molecule has 3 aliphatic rings. The van der Waals surface area contributed by atoms with Crippen molar-refractivity contribution in [3.05, 3.63) is 255 Å². The summed E-state index contributed by atoms with van der Waals surface area (Å²) in [5.41, 5.74) is 13.8. The number of nitriles is 3. The number of hydrogen-bond acceptors (Lipinski definition) is 21. The monoisotopic (exact) mass is 2000 g/mol. The SMILES string of the molecule is C=CC(=O)N1CCN(c2c(C#N)c(=O)n(-c3c(C)ccnc3C(C)C)c3nc(-c4c(F)c(N)c(Cl)c(F)c4F)c(Cl)cc23)CC1.C=CC(=O)N1CCN(c2c(C#N)c(=O)n(-c3c(C)ccnc3C(C)C)c3nc(-c4c(F)c(N)c(F)c(Cl)c4Cl)c(Cl)cc23)CC1.C=CC(=O)N1CCN(c2c(C#N)c(=O)n(-c3c(C)ccnc3C(C)C)c3nc(-c4c(F)c(N)c(F)c(Cl)c4Cl)c(Cl)cc23)CC1. The molecule has 3 aliphatic heterocycles. The van der Waals surface area contributed by atoms with Crippen molar-refractivity contribution in [1.29, 1.82) is 15.8 Å². The Morgan fingerprint density at radius 1 is 0.378 bits per heavy atom. The van der Waals surface area contributed by atoms with Gasteiger partial charge in [0, 0.05) is 113 Å². The molecule has 0 bridgehead atoms. The predicted octanol–water partition coefficient (Wildman–Crippen LogP) is 18.7. The number of carbonyl (C=O) groups is 3. The number of nitrogens with zero attached hydrogens (tertiary/aromatic N) is 18. The van der Waals surface area contributed by atoms with E-state index in [-0.39, 0.29) is 170 Å². The molecule has 0 radical (unpaired) electrons. The summed E-state index contributed by atoms with van der Waals surface area (Å²) in [6.07, 6.45) is 8.44. The van der Waals surface area contributed by atoms with Gasteiger partial charge in [-0.25, -0.2) is 45.7 Å². The van der Waals surface area contributed by atoms with Crippen LogP contribution >= 0.6 is 92.8 Å². The molecule has 3 amide bonds. The maximum atomic E-state index is 15.6. The number of pyridine rings is 9. The van der Waals surface area contributed by atoms with Crippen LogP contribution in [0.3, 0.4) is 0 Å². The fourth-order valence-corrected chi connectivity index (χ4v) is 18.3. The molecular weight excluding hydrogens is 1920 g/mol. The Morgan fingerprint density at radius 2 is 0.637 bits per heavy atom. The average Bonchev–Trinajstić information content (AvgIpc) is 0.728. The number of nitrogen functional groups attached to an aromatic ring is 3. The van der Waals surface area contributed by atoms with Gasteiger partial charge in [-0.05, 0) is 110 Å². The lowest BCUT2D eigenvalue weighted by Crippen LogP contribution is -2.49. The van der Waals surface area contributed by atoms with Crippen molar-refractivity contribution in [2.75, 3.05) is 110 Å². The zero-order chi connectivity index (χ0) is 98.7. The Labute approximate surface area is 806 Å². The highest BCUT2D eigenvalue weighted by atomic mass is 35.5. The number of amides is 3. The number of hydrogen-bond donors (Lipinski definition) is 3. The quantitative estimate of drug-likeness (QED) is 0.0282. The predicted molar refractivity (Wildman–Crippen MR) is 512 cm³/mol. The first-order chi connectivity index (χ1) is 64.0. The first kappa shape index (κ1) is 99.4. The van der Waals surface area contributed by atoms with Gasteiger partial charge in [-0.3, -0.25) is 57.4 Å². The van der Waals surface area contributed by atoms with Gasteiger partial charge in [0.25, 0.3) is 16.7 Å². The van der Waals surface area contributed by atoms with Gasteiger partial charge >= 0.3 is 0 Å². The number of aryl methyl sites for hydroxylation is 3. The minimum Gasteiger partial charge on any atom is -0.395 e. The molecule has 42 heteroatoms. The number of rotatable bonds is 15. The van der Waals surface area contributed by atoms with Crippen molar-refractivity contribution < 1.29 is 45.1 Å². The molecule has 0 spiro atoms. The molecule has 9 aromatic heterocycles. The fraction of sp³-hybridized carbons (Fsp3) is 0.258. The van der Waals surface area contributed by atoms with Gasteiger partial charge in [-0.1, -0.05) is 154 Å². The van der Waals surface area contributed by atoms with E-state index >= 15 is 17.6 Å². The van der Waals surface area contributed by atoms with Crippen LogP contribution in [0.4, 0.5) is 64.9 Å². The van der Waals surface area contributed by atoms with Gasteiger partial charge < -0.3 is 46.6 Å². The van der Waals surface area contributed by atoms with Gasteiger partial charge in [0.1, 0.15) is 68.2 Å². The minimum absolute atomic E-state index is 0.00508. The maximum absolute atomic E-state index is 15.6. The molecule has 6 N–H and O–H groups in total. The van der Waals surface area contributed by atoms with Crippen LogP contribution in [0.5, 0.6) is 0 Å². The number of carbonyl (C=O) groups excluding carboxylic acids is 3. The highest BCUT2D eigenvalue weighted by Crippen LogP contribution is 2.49. The summed E-state index contributed by atoms with van der Waals surface area (Å²) in [4.78, 5) is 117. The summed E-state index contributed by atoms with van der Waals surface area (Å²) in [6.45, 7) is 30.5. The Bertz CT molecular complexity index is 6650. The highest BCUT2D eigenvalue weighted by molar-refractivity contribution is 6.46. The molecule has 12 aromatic rings. The van der Waals surface area contributed by atoms with E-state index in [1.165, 1.54) is 45.6 Å². The highest BCUT2D eigenvalue weighted by Gasteiger charge is 2.38. The number of nitrogens with two attached hydrogens (primary N) is 3. The van der Waals surface area contributed by atoms with E-state index in [2.05, 4.69) is 61.8 Å². The Kier molecular flexibility index (Phi) is 29.3. The van der Waals surface area contributed by atoms with Crippen LogP contribution in [0.1, 0.15) is 110 Å². The minimum atomic E-state index is -1.67. The number of anilines is 6. The standard InChI is InChI=1S/2C31H26Cl3F2N7O2.C31H26Cl2F3N7O2/c2*1-5-19(44)41-8-10-42(11-9-41)29-16-12-18(32)27(20-21(33)22(34)24(36)25(38)23(20)35)40-30(16)43(31(45)17(29)13-37)28-15(4)6-7-39-26(28)14(2)3;1-5-19(44)41-8-10-42(11-9-41)29-16-12-18(32)27(20-22(34)24(36)21(33)25(38)23(20)35)40-30(16)43(31(45)17(29)13-37)28-15(4)6-7-39-26(28)14(2)3/h3*5-7,12,14H,1,8-11,38H2,2-4H3. The van der Waals surface area contributed by atoms with E-state index in [1.807, 2.05) is 47.6 Å². The molecule has 3 saturated heterocycles. The van der Waals surface area contributed by atoms with E-state index in [1.54, 1.807) is 87.0 Å². The number of fused-ring (bicyclic) bond motifs is 3. The molecule has 15 rings (SSSR count). The molecule has 135 heavy (non-hydrogen) atoms. The summed E-state index contributed by atoms with van der Waals surface area (Å²) < 4.78 is 109. The smallest absolute Gasteiger partial charge is 0.276 e. The number of aromatic nitrogens is 9. The largest absolute Gasteiger partial charge is 0.395 e. The maximum Gasteiger partial charge on any atom is 0.276 e. The summed E-state index contributed by atoms with van der Waals surface area (Å²) >= 11 is 50.6. The van der Waals surface area contributed by atoms with Gasteiger partial charge in [0.15, 0.2) is 40.7 Å². The zero-order valence-electron chi connectivity index (χ0n) is 73.2. The van der Waals surface area contributed by atoms with Crippen LogP contribution in [0.15, 0.2) is 107 Å². The lowest BCUT2D eigenvalue weighted by atomic mass is 10.0. The van der Waals surface area contributed by atoms with Crippen molar-refractivity contribution in [3.63, 3.8) is 0 Å². The van der Waals surface area contributed by atoms with Crippen LogP contribution < -0.4 is 48.6 Å². The number of benzene rings is 3. The number of halogens is 15. The van der Waals surface area contributed by atoms with E-state index in [0.29, 0.717) is 87.8 Å². The lowest BCUT2D eigenvalue weighted by Gasteiger charge is -2.36. The van der Waals surface area contributed by atoms with Crippen molar-refractivity contribution >= 4 is 178 Å². The second kappa shape index (κ2) is 39.8. The van der Waals surface area contributed by atoms with Gasteiger partial charge in [-0.15, -0.1) is 0 Å². The average molecular weight is 2000 g/mol. The Balaban J connectivity index is 0.000000171.